The van der Waals surface area contributed by atoms with Crippen LogP contribution >= 0.6 is 0 Å². The van der Waals surface area contributed by atoms with Gasteiger partial charge in [-0.25, -0.2) is 18.7 Å². The molecule has 0 N–H and O–H groups in total. The minimum atomic E-state index is -1.09. The molecule has 196 valence electrons. The van der Waals surface area contributed by atoms with Gasteiger partial charge in [-0.2, -0.15) is 0 Å². The molecule has 0 saturated carbocycles. The summed E-state index contributed by atoms with van der Waals surface area (Å²) < 4.78 is 35.4. The van der Waals surface area contributed by atoms with Gasteiger partial charge in [0, 0.05) is 25.2 Å². The van der Waals surface area contributed by atoms with Gasteiger partial charge in [0.1, 0.15) is 11.5 Å². The van der Waals surface area contributed by atoms with Crippen molar-refractivity contribution in [1.29, 1.82) is 0 Å². The van der Waals surface area contributed by atoms with Crippen molar-refractivity contribution in [3.8, 4) is 17.1 Å². The zero-order chi connectivity index (χ0) is 25.5. The average molecular weight is 501 g/mol. The molecule has 2 aliphatic heterocycles. The van der Waals surface area contributed by atoms with E-state index in [-0.39, 0.29) is 17.3 Å². The van der Waals surface area contributed by atoms with E-state index < -0.39 is 11.5 Å². The van der Waals surface area contributed by atoms with Crippen molar-refractivity contribution < 1.29 is 18.3 Å². The third kappa shape index (κ3) is 6.58. The lowest BCUT2D eigenvalue weighted by molar-refractivity contribution is 0.0568. The van der Waals surface area contributed by atoms with Gasteiger partial charge >= 0.3 is 0 Å². The van der Waals surface area contributed by atoms with E-state index in [0.29, 0.717) is 43.2 Å². The van der Waals surface area contributed by atoms with Crippen molar-refractivity contribution in [2.24, 2.45) is 5.92 Å². The van der Waals surface area contributed by atoms with Crippen molar-refractivity contribution in [1.82, 2.24) is 19.8 Å². The molecule has 2 fully saturated rings. The number of benzene rings is 1. The fourth-order valence-corrected chi connectivity index (χ4v) is 5.04. The highest BCUT2D eigenvalue weighted by atomic mass is 19.1. The summed E-state index contributed by atoms with van der Waals surface area (Å²) in [6, 6.07) is 4.49. The van der Waals surface area contributed by atoms with Crippen LogP contribution < -0.4 is 4.74 Å². The van der Waals surface area contributed by atoms with Crippen LogP contribution in [0, 0.1) is 11.7 Å². The van der Waals surface area contributed by atoms with Crippen LogP contribution in [0.4, 0.5) is 8.78 Å². The zero-order valence-electron chi connectivity index (χ0n) is 21.5. The number of ether oxygens (including phenoxy) is 1. The normalized spacial score (nSPS) is 17.8. The molecule has 0 bridgehead atoms. The molecule has 3 heterocycles. The van der Waals surface area contributed by atoms with Crippen molar-refractivity contribution >= 4 is 5.91 Å². The summed E-state index contributed by atoms with van der Waals surface area (Å²) in [6.45, 7) is 8.10. The van der Waals surface area contributed by atoms with E-state index >= 15 is 0 Å². The van der Waals surface area contributed by atoms with Crippen LogP contribution in [0.2, 0.25) is 0 Å². The molecular weight excluding hydrogens is 462 g/mol. The Morgan fingerprint density at radius 3 is 2.33 bits per heavy atom. The average Bonchev–Trinajstić information content (AvgIpc) is 2.93. The molecule has 36 heavy (non-hydrogen) atoms. The largest absolute Gasteiger partial charge is 0.490 e. The van der Waals surface area contributed by atoms with Crippen LogP contribution in [0.1, 0.15) is 69.2 Å². The van der Waals surface area contributed by atoms with E-state index in [1.54, 1.807) is 29.4 Å². The monoisotopic (exact) mass is 500 g/mol. The van der Waals surface area contributed by atoms with E-state index in [9.17, 15) is 13.6 Å². The first kappa shape index (κ1) is 26.5. The van der Waals surface area contributed by atoms with Gasteiger partial charge in [-0.05, 0) is 82.2 Å². The predicted molar refractivity (Wildman–Crippen MR) is 136 cm³/mol. The number of carbonyl (C=O) groups excluding carboxylic acids is 1. The third-order valence-electron chi connectivity index (χ3n) is 7.70. The number of halogens is 2. The summed E-state index contributed by atoms with van der Waals surface area (Å²) in [5.74, 6) is 0.558. The number of piperidine rings is 2. The van der Waals surface area contributed by atoms with Crippen molar-refractivity contribution in [2.75, 3.05) is 39.3 Å². The summed E-state index contributed by atoms with van der Waals surface area (Å²) in [5, 5.41) is 0. The number of hydrogen-bond acceptors (Lipinski definition) is 5. The number of carbonyl (C=O) groups is 1. The highest BCUT2D eigenvalue weighted by Crippen LogP contribution is 2.27. The van der Waals surface area contributed by atoms with Gasteiger partial charge < -0.3 is 14.5 Å². The number of hydrogen-bond donors (Lipinski definition) is 0. The number of amides is 1. The molecule has 2 saturated heterocycles. The molecule has 0 atom stereocenters. The molecule has 2 aliphatic rings. The first-order valence-electron chi connectivity index (χ1n) is 13.4. The molecule has 1 aromatic heterocycles. The number of aromatic nitrogens is 2. The van der Waals surface area contributed by atoms with E-state index in [1.165, 1.54) is 6.07 Å². The first-order valence-corrected chi connectivity index (χ1v) is 13.4. The first-order chi connectivity index (χ1) is 17.4. The Morgan fingerprint density at radius 2 is 1.72 bits per heavy atom. The standard InChI is InChI=1S/C28H38F2N4O2/c1-3-28(30,4-2)20-33-14-10-21(11-15-33)19-36-23-17-31-26(32-18-23)24-9-8-22(16-25(24)29)27(35)34-12-6-5-7-13-34/h8-9,16-18,21H,3-7,10-15,19-20H2,1-2H3. The molecule has 6 nitrogen and oxygen atoms in total. The second kappa shape index (κ2) is 12.1. The minimum Gasteiger partial charge on any atom is -0.490 e. The molecule has 0 unspecified atom stereocenters. The quantitative estimate of drug-likeness (QED) is 0.453. The van der Waals surface area contributed by atoms with Gasteiger partial charge in [0.15, 0.2) is 11.6 Å². The van der Waals surface area contributed by atoms with Crippen LogP contribution in [-0.2, 0) is 0 Å². The lowest BCUT2D eigenvalue weighted by atomic mass is 9.94. The highest BCUT2D eigenvalue weighted by Gasteiger charge is 2.30. The summed E-state index contributed by atoms with van der Waals surface area (Å²) in [7, 11) is 0. The molecular formula is C28H38F2N4O2. The van der Waals surface area contributed by atoms with Crippen molar-refractivity contribution in [2.45, 2.75) is 64.5 Å². The second-order valence-electron chi connectivity index (χ2n) is 10.2. The van der Waals surface area contributed by atoms with Gasteiger partial charge in [-0.3, -0.25) is 4.79 Å². The Hall–Kier alpha value is -2.61. The minimum absolute atomic E-state index is 0.129. The summed E-state index contributed by atoms with van der Waals surface area (Å²) >= 11 is 0. The maximum atomic E-state index is 14.8. The van der Waals surface area contributed by atoms with Gasteiger partial charge in [-0.15, -0.1) is 0 Å². The number of rotatable bonds is 9. The van der Waals surface area contributed by atoms with Crippen LogP contribution in [0.3, 0.4) is 0 Å². The lowest BCUT2D eigenvalue weighted by Crippen LogP contribution is -2.44. The van der Waals surface area contributed by atoms with E-state index in [4.69, 9.17) is 4.74 Å². The zero-order valence-corrected chi connectivity index (χ0v) is 21.5. The van der Waals surface area contributed by atoms with Crippen LogP contribution in [-0.4, -0.2) is 70.7 Å². The number of alkyl halides is 1. The SMILES string of the molecule is CCC(F)(CC)CN1CCC(COc2cnc(-c3ccc(C(=O)N4CCCCC4)cc3F)nc2)CC1. The summed E-state index contributed by atoms with van der Waals surface area (Å²) in [6.07, 6.45) is 9.27. The molecule has 8 heteroatoms. The van der Waals surface area contributed by atoms with Gasteiger partial charge in [0.05, 0.1) is 24.6 Å². The van der Waals surface area contributed by atoms with E-state index in [0.717, 1.165) is 58.3 Å². The van der Waals surface area contributed by atoms with E-state index in [1.807, 2.05) is 13.8 Å². The smallest absolute Gasteiger partial charge is 0.253 e. The van der Waals surface area contributed by atoms with Crippen LogP contribution in [0.25, 0.3) is 11.4 Å². The van der Waals surface area contributed by atoms with Crippen molar-refractivity contribution in [3.05, 3.63) is 42.0 Å². The second-order valence-corrected chi connectivity index (χ2v) is 10.2. The molecule has 0 radical (unpaired) electrons. The molecule has 4 rings (SSSR count). The Labute approximate surface area is 213 Å². The molecule has 1 amide bonds. The molecule has 1 aromatic carbocycles. The molecule has 0 aliphatic carbocycles. The van der Waals surface area contributed by atoms with Crippen LogP contribution in [0.5, 0.6) is 5.75 Å². The summed E-state index contributed by atoms with van der Waals surface area (Å²) in [5.41, 5.74) is -0.483. The highest BCUT2D eigenvalue weighted by molar-refractivity contribution is 5.94. The van der Waals surface area contributed by atoms with Crippen LogP contribution in [0.15, 0.2) is 30.6 Å². The fraction of sp³-hybridized carbons (Fsp3) is 0.607. The van der Waals surface area contributed by atoms with Gasteiger partial charge in [0.2, 0.25) is 0 Å². The Balaban J connectivity index is 1.28. The Morgan fingerprint density at radius 1 is 1.06 bits per heavy atom. The summed E-state index contributed by atoms with van der Waals surface area (Å²) in [4.78, 5) is 25.2. The third-order valence-corrected chi connectivity index (χ3v) is 7.70. The topological polar surface area (TPSA) is 58.6 Å². The predicted octanol–water partition coefficient (Wildman–Crippen LogP) is 5.53. The molecule has 0 spiro atoms. The maximum Gasteiger partial charge on any atom is 0.253 e. The number of nitrogens with zero attached hydrogens (tertiary/aromatic N) is 4. The fourth-order valence-electron chi connectivity index (χ4n) is 5.04. The number of likely N-dealkylation sites (tertiary alicyclic amines) is 2. The maximum absolute atomic E-state index is 14.8. The van der Waals surface area contributed by atoms with Gasteiger partial charge in [0.25, 0.3) is 5.91 Å². The van der Waals surface area contributed by atoms with E-state index in [2.05, 4.69) is 14.9 Å². The Kier molecular flexibility index (Phi) is 8.88. The van der Waals surface area contributed by atoms with Crippen molar-refractivity contribution in [3.63, 3.8) is 0 Å². The lowest BCUT2D eigenvalue weighted by Gasteiger charge is -2.36. The Bertz CT molecular complexity index is 999. The molecule has 2 aromatic rings. The van der Waals surface area contributed by atoms with Gasteiger partial charge in [-0.1, -0.05) is 13.8 Å².